The number of rotatable bonds is 6. The Morgan fingerprint density at radius 2 is 1.70 bits per heavy atom. The van der Waals surface area contributed by atoms with Gasteiger partial charge in [0.2, 0.25) is 0 Å². The van der Waals surface area contributed by atoms with Gasteiger partial charge in [-0.3, -0.25) is 9.69 Å². The molecule has 1 heterocycles. The predicted molar refractivity (Wildman–Crippen MR) is 61.7 cm³/mol. The monoisotopic (exact) mass is 284 g/mol. The maximum atomic E-state index is 12.0. The van der Waals surface area contributed by atoms with Crippen LogP contribution in [0.25, 0.3) is 0 Å². The molecule has 0 saturated carbocycles. The van der Waals surface area contributed by atoms with Crippen LogP contribution < -0.4 is 10.2 Å². The highest BCUT2D eigenvalue weighted by Gasteiger charge is 2.48. The molecule has 1 rings (SSSR count). The Morgan fingerprint density at radius 1 is 1.20 bits per heavy atom. The average Bonchev–Trinajstić information content (AvgIpc) is 2.47. The number of aliphatic carboxylic acids is 2. The number of carboxylic acid groups (broad SMARTS) is 2. The molecular weight excluding hydrogens is 268 g/mol. The van der Waals surface area contributed by atoms with Gasteiger partial charge < -0.3 is 24.7 Å². The van der Waals surface area contributed by atoms with Gasteiger partial charge in [-0.05, 0) is 26.7 Å². The molecule has 0 N–H and O–H groups in total. The first kappa shape index (κ1) is 15.9. The molecule has 0 bridgehead atoms. The van der Waals surface area contributed by atoms with Crippen LogP contribution in [0.15, 0.2) is 0 Å². The van der Waals surface area contributed by atoms with Gasteiger partial charge in [-0.1, -0.05) is 0 Å². The Bertz CT molecular complexity index is 445. The minimum Gasteiger partial charge on any atom is -0.549 e. The topological polar surface area (TPSA) is 121 Å². The zero-order valence-electron chi connectivity index (χ0n) is 11.5. The first-order chi connectivity index (χ1) is 9.10. The van der Waals surface area contributed by atoms with Crippen molar-refractivity contribution < 1.29 is 29.4 Å². The zero-order valence-corrected chi connectivity index (χ0v) is 11.5. The lowest BCUT2D eigenvalue weighted by atomic mass is 10.0. The summed E-state index contributed by atoms with van der Waals surface area (Å²) in [5.74, 6) is -5.61. The number of hydrogen-bond donors (Lipinski definition) is 0. The third-order valence-corrected chi connectivity index (χ3v) is 3.57. The van der Waals surface area contributed by atoms with Crippen molar-refractivity contribution >= 4 is 23.9 Å². The molecule has 1 fully saturated rings. The first-order valence-corrected chi connectivity index (χ1v) is 6.12. The lowest BCUT2D eigenvalue weighted by Crippen LogP contribution is -2.44. The second kappa shape index (κ2) is 5.48. The Balaban J connectivity index is 2.63. The van der Waals surface area contributed by atoms with Crippen LogP contribution in [-0.4, -0.2) is 52.8 Å². The molecular formula is C12H16N2O6-2. The molecule has 1 aliphatic heterocycles. The third-order valence-electron chi connectivity index (χ3n) is 3.57. The molecule has 8 heteroatoms. The Hall–Kier alpha value is -2.12. The molecule has 3 amide bonds. The lowest BCUT2D eigenvalue weighted by molar-refractivity contribution is -0.332. The summed E-state index contributed by atoms with van der Waals surface area (Å²) in [7, 11) is 1.49. The first-order valence-electron chi connectivity index (χ1n) is 6.12. The molecule has 0 atom stereocenters. The largest absolute Gasteiger partial charge is 0.549 e. The van der Waals surface area contributed by atoms with E-state index in [1.807, 2.05) is 0 Å². The van der Waals surface area contributed by atoms with E-state index in [-0.39, 0.29) is 19.4 Å². The van der Waals surface area contributed by atoms with Crippen LogP contribution in [0, 0.1) is 5.92 Å². The van der Waals surface area contributed by atoms with E-state index in [1.165, 1.54) is 11.9 Å². The predicted octanol–water partition coefficient (Wildman–Crippen LogP) is -2.44. The van der Waals surface area contributed by atoms with Gasteiger partial charge in [0.1, 0.15) is 5.54 Å². The van der Waals surface area contributed by atoms with E-state index < -0.39 is 35.3 Å². The molecule has 0 aliphatic carbocycles. The SMILES string of the molecule is CN1C(=O)N(CCCC(C(=O)[O-])C(=O)[O-])C(=O)C1(C)C. The van der Waals surface area contributed by atoms with Crippen LogP contribution in [0.4, 0.5) is 4.79 Å². The standard InChI is InChI=1S/C12H18N2O6/c1-12(2)10(19)14(11(20)13(12)3)6-4-5-7(8(15)16)9(17)18/h7H,4-6H2,1-3H3,(H,15,16)(H,17,18)/p-2. The Labute approximate surface area is 116 Å². The summed E-state index contributed by atoms with van der Waals surface area (Å²) in [6, 6.07) is -0.488. The fourth-order valence-electron chi connectivity index (χ4n) is 1.96. The van der Waals surface area contributed by atoms with E-state index in [0.29, 0.717) is 0 Å². The number of nitrogens with zero attached hydrogens (tertiary/aromatic N) is 2. The molecule has 20 heavy (non-hydrogen) atoms. The Morgan fingerprint density at radius 3 is 2.05 bits per heavy atom. The maximum absolute atomic E-state index is 12.0. The van der Waals surface area contributed by atoms with Gasteiger partial charge in [0, 0.05) is 19.5 Å². The summed E-state index contributed by atoms with van der Waals surface area (Å²) in [4.78, 5) is 47.2. The van der Waals surface area contributed by atoms with Crippen LogP contribution in [-0.2, 0) is 14.4 Å². The lowest BCUT2D eigenvalue weighted by Gasteiger charge is -2.22. The quantitative estimate of drug-likeness (QED) is 0.394. The number of hydrogen-bond acceptors (Lipinski definition) is 6. The normalized spacial score (nSPS) is 18.0. The van der Waals surface area contributed by atoms with Gasteiger partial charge in [0.05, 0.1) is 11.9 Å². The molecule has 8 nitrogen and oxygen atoms in total. The van der Waals surface area contributed by atoms with Crippen molar-refractivity contribution in [3.63, 3.8) is 0 Å². The Kier molecular flexibility index (Phi) is 4.36. The van der Waals surface area contributed by atoms with Crippen LogP contribution in [0.5, 0.6) is 0 Å². The molecule has 0 aromatic heterocycles. The van der Waals surface area contributed by atoms with Crippen LogP contribution >= 0.6 is 0 Å². The van der Waals surface area contributed by atoms with Crippen molar-refractivity contribution in [1.29, 1.82) is 0 Å². The molecule has 1 aliphatic rings. The average molecular weight is 284 g/mol. The summed E-state index contributed by atoms with van der Waals surface area (Å²) in [6.07, 6.45) is -0.208. The molecule has 0 radical (unpaired) electrons. The number of urea groups is 1. The van der Waals surface area contributed by atoms with Gasteiger partial charge in [-0.2, -0.15) is 0 Å². The van der Waals surface area contributed by atoms with Crippen LogP contribution in [0.2, 0.25) is 0 Å². The highest BCUT2D eigenvalue weighted by molar-refractivity contribution is 6.06. The summed E-state index contributed by atoms with van der Waals surface area (Å²) in [5, 5.41) is 21.1. The van der Waals surface area contributed by atoms with Gasteiger partial charge in [0.15, 0.2) is 0 Å². The molecule has 1 saturated heterocycles. The van der Waals surface area contributed by atoms with Crippen molar-refractivity contribution in [2.75, 3.05) is 13.6 Å². The fourth-order valence-corrected chi connectivity index (χ4v) is 1.96. The van der Waals surface area contributed by atoms with Crippen molar-refractivity contribution in [2.24, 2.45) is 5.92 Å². The minimum absolute atomic E-state index is 0.0392. The van der Waals surface area contributed by atoms with Crippen LogP contribution in [0.1, 0.15) is 26.7 Å². The summed E-state index contributed by atoms with van der Waals surface area (Å²) < 4.78 is 0. The van der Waals surface area contributed by atoms with Gasteiger partial charge in [-0.15, -0.1) is 0 Å². The number of carbonyl (C=O) groups excluding carboxylic acids is 4. The summed E-state index contributed by atoms with van der Waals surface area (Å²) in [6.45, 7) is 3.15. The van der Waals surface area contributed by atoms with Crippen molar-refractivity contribution in [3.8, 4) is 0 Å². The molecule has 0 aromatic rings. The molecule has 0 aromatic carbocycles. The molecule has 0 spiro atoms. The molecule has 0 unspecified atom stereocenters. The molecule has 112 valence electrons. The van der Waals surface area contributed by atoms with E-state index in [9.17, 15) is 29.4 Å². The number of carbonyl (C=O) groups is 4. The van der Waals surface area contributed by atoms with Crippen molar-refractivity contribution in [2.45, 2.75) is 32.2 Å². The number of likely N-dealkylation sites (N-methyl/N-ethyl adjacent to an activating group) is 1. The maximum Gasteiger partial charge on any atom is 0.327 e. The third kappa shape index (κ3) is 2.73. The van der Waals surface area contributed by atoms with E-state index >= 15 is 0 Å². The second-order valence-electron chi connectivity index (χ2n) is 5.19. The van der Waals surface area contributed by atoms with Crippen molar-refractivity contribution in [3.05, 3.63) is 0 Å². The number of imide groups is 1. The van der Waals surface area contributed by atoms with Crippen molar-refractivity contribution in [1.82, 2.24) is 9.80 Å². The minimum atomic E-state index is -1.74. The van der Waals surface area contributed by atoms with Crippen LogP contribution in [0.3, 0.4) is 0 Å². The van der Waals surface area contributed by atoms with Gasteiger partial charge >= 0.3 is 6.03 Å². The van der Waals surface area contributed by atoms with E-state index in [2.05, 4.69) is 0 Å². The number of amides is 3. The fraction of sp³-hybridized carbons (Fsp3) is 0.667. The van der Waals surface area contributed by atoms with E-state index in [4.69, 9.17) is 0 Å². The second-order valence-corrected chi connectivity index (χ2v) is 5.19. The highest BCUT2D eigenvalue weighted by atomic mass is 16.4. The summed E-state index contributed by atoms with van der Waals surface area (Å²) in [5.41, 5.74) is -0.959. The zero-order chi connectivity index (χ0) is 15.7. The smallest absolute Gasteiger partial charge is 0.327 e. The van der Waals surface area contributed by atoms with Gasteiger partial charge in [-0.25, -0.2) is 4.79 Å². The summed E-state index contributed by atoms with van der Waals surface area (Å²) >= 11 is 0. The van der Waals surface area contributed by atoms with E-state index in [1.54, 1.807) is 13.8 Å². The number of carboxylic acids is 2. The van der Waals surface area contributed by atoms with Gasteiger partial charge in [0.25, 0.3) is 5.91 Å². The van der Waals surface area contributed by atoms with E-state index in [0.717, 1.165) is 4.90 Å². The highest BCUT2D eigenvalue weighted by Crippen LogP contribution is 2.26.